The molecule has 0 aliphatic carbocycles. The molecule has 3 rings (SSSR count). The van der Waals surface area contributed by atoms with Gasteiger partial charge in [0.25, 0.3) is 10.0 Å². The predicted molar refractivity (Wildman–Crippen MR) is 116 cm³/mol. The Morgan fingerprint density at radius 3 is 2.26 bits per heavy atom. The average Bonchev–Trinajstić information content (AvgIpc) is 2.68. The molecule has 3 aromatic rings. The second-order valence-corrected chi connectivity index (χ2v) is 9.71. The molecule has 0 bridgehead atoms. The topological polar surface area (TPSA) is 46.2 Å². The van der Waals surface area contributed by atoms with Gasteiger partial charge in [0, 0.05) is 20.6 Å². The highest BCUT2D eigenvalue weighted by Crippen LogP contribution is 2.31. The van der Waals surface area contributed by atoms with Crippen molar-refractivity contribution >= 4 is 50.8 Å². The highest BCUT2D eigenvalue weighted by atomic mass is 35.5. The third kappa shape index (κ3) is 5.45. The summed E-state index contributed by atoms with van der Waals surface area (Å²) < 4.78 is 28.2. The van der Waals surface area contributed by atoms with Crippen molar-refractivity contribution in [2.45, 2.75) is 20.4 Å². The van der Waals surface area contributed by atoms with E-state index in [1.54, 1.807) is 53.9 Å². The number of hydrogen-bond acceptors (Lipinski definition) is 4. The lowest BCUT2D eigenvalue weighted by atomic mass is 10.2. The summed E-state index contributed by atoms with van der Waals surface area (Å²) in [7, 11) is -3.64. The highest BCUT2D eigenvalue weighted by molar-refractivity contribution is 7.99. The van der Waals surface area contributed by atoms with Crippen LogP contribution in [0.4, 0.5) is 5.69 Å². The molecule has 0 heterocycles. The third-order valence-corrected chi connectivity index (χ3v) is 7.33. The lowest BCUT2D eigenvalue weighted by molar-refractivity contribution is 0.601. The Balaban J connectivity index is 1.77. The first kappa shape index (κ1) is 20.1. The van der Waals surface area contributed by atoms with Crippen LogP contribution < -0.4 is 4.72 Å². The Morgan fingerprint density at radius 2 is 1.59 bits per heavy atom. The van der Waals surface area contributed by atoms with Crippen molar-refractivity contribution in [1.82, 2.24) is 0 Å². The molecule has 0 radical (unpaired) electrons. The second kappa shape index (κ2) is 9.06. The molecule has 0 saturated carbocycles. The van der Waals surface area contributed by atoms with Crippen LogP contribution in [0.2, 0.25) is 5.02 Å². The molecular weight excluding hydrogens is 418 g/mol. The number of halogens is 1. The number of rotatable bonds is 7. The standard InChI is InChI=1S/C20H18ClNO2S3/c1-25-17-10-12-18(13-11-17)27(23,24)22-19-4-2-3-5-20(19)26-14-15-6-8-16(21)9-7-15/h2-13,22H,14H2,1H3. The molecule has 0 atom stereocenters. The summed E-state index contributed by atoms with van der Waals surface area (Å²) in [6.07, 6.45) is 1.95. The first-order valence-electron chi connectivity index (χ1n) is 8.11. The zero-order valence-electron chi connectivity index (χ0n) is 14.6. The molecule has 0 aromatic heterocycles. The molecule has 3 aromatic carbocycles. The number of benzene rings is 3. The van der Waals surface area contributed by atoms with Gasteiger partial charge in [-0.1, -0.05) is 35.9 Å². The van der Waals surface area contributed by atoms with Gasteiger partial charge in [-0.3, -0.25) is 4.72 Å². The Hall–Kier alpha value is -1.60. The number of para-hydroxylation sites is 1. The maximum Gasteiger partial charge on any atom is 0.261 e. The van der Waals surface area contributed by atoms with Gasteiger partial charge in [-0.05, 0) is 60.4 Å². The average molecular weight is 436 g/mol. The molecule has 27 heavy (non-hydrogen) atoms. The van der Waals surface area contributed by atoms with Crippen molar-refractivity contribution in [3.8, 4) is 0 Å². The molecular formula is C20H18ClNO2S3. The van der Waals surface area contributed by atoms with E-state index in [4.69, 9.17) is 11.6 Å². The molecule has 0 fully saturated rings. The van der Waals surface area contributed by atoms with Gasteiger partial charge in [-0.2, -0.15) is 0 Å². The number of thioether (sulfide) groups is 2. The largest absolute Gasteiger partial charge is 0.278 e. The summed E-state index contributed by atoms with van der Waals surface area (Å²) >= 11 is 9.07. The first-order chi connectivity index (χ1) is 13.0. The van der Waals surface area contributed by atoms with Gasteiger partial charge in [0.2, 0.25) is 0 Å². The summed E-state index contributed by atoms with van der Waals surface area (Å²) in [6.45, 7) is 0. The SMILES string of the molecule is CSc1ccc(S(=O)(=O)Nc2ccccc2SCc2ccc(Cl)cc2)cc1. The van der Waals surface area contributed by atoms with E-state index in [2.05, 4.69) is 4.72 Å². The van der Waals surface area contributed by atoms with E-state index in [1.807, 2.05) is 48.7 Å². The van der Waals surface area contributed by atoms with E-state index in [9.17, 15) is 8.42 Å². The quantitative estimate of drug-likeness (QED) is 0.452. The maximum absolute atomic E-state index is 12.7. The molecule has 1 N–H and O–H groups in total. The van der Waals surface area contributed by atoms with E-state index in [-0.39, 0.29) is 4.90 Å². The van der Waals surface area contributed by atoms with Crippen LogP contribution in [0.1, 0.15) is 5.56 Å². The second-order valence-electron chi connectivity index (χ2n) is 5.69. The molecule has 3 nitrogen and oxygen atoms in total. The zero-order valence-corrected chi connectivity index (χ0v) is 17.8. The van der Waals surface area contributed by atoms with Gasteiger partial charge in [0.05, 0.1) is 10.6 Å². The Kier molecular flexibility index (Phi) is 6.76. The van der Waals surface area contributed by atoms with Crippen LogP contribution in [0.5, 0.6) is 0 Å². The highest BCUT2D eigenvalue weighted by Gasteiger charge is 2.16. The van der Waals surface area contributed by atoms with Crippen molar-refractivity contribution in [2.75, 3.05) is 11.0 Å². The summed E-state index contributed by atoms with van der Waals surface area (Å²) in [5.74, 6) is 0.721. The molecule has 0 saturated heterocycles. The van der Waals surface area contributed by atoms with Crippen molar-refractivity contribution in [3.63, 3.8) is 0 Å². The summed E-state index contributed by atoms with van der Waals surface area (Å²) in [5.41, 5.74) is 1.69. The lowest BCUT2D eigenvalue weighted by Crippen LogP contribution is -2.13. The van der Waals surface area contributed by atoms with Gasteiger partial charge < -0.3 is 0 Å². The van der Waals surface area contributed by atoms with Crippen molar-refractivity contribution in [3.05, 3.63) is 83.4 Å². The number of anilines is 1. The van der Waals surface area contributed by atoms with Crippen LogP contribution in [0, 0.1) is 0 Å². The van der Waals surface area contributed by atoms with Gasteiger partial charge in [-0.15, -0.1) is 23.5 Å². The normalized spacial score (nSPS) is 11.3. The van der Waals surface area contributed by atoms with Crippen LogP contribution in [0.3, 0.4) is 0 Å². The van der Waals surface area contributed by atoms with Crippen molar-refractivity contribution in [2.24, 2.45) is 0 Å². The smallest absolute Gasteiger partial charge is 0.261 e. The molecule has 0 aliphatic rings. The minimum Gasteiger partial charge on any atom is -0.278 e. The van der Waals surface area contributed by atoms with E-state index >= 15 is 0 Å². The molecule has 0 unspecified atom stereocenters. The molecule has 140 valence electrons. The summed E-state index contributed by atoms with van der Waals surface area (Å²) in [5, 5.41) is 0.699. The third-order valence-electron chi connectivity index (χ3n) is 3.81. The van der Waals surface area contributed by atoms with Crippen LogP contribution in [-0.2, 0) is 15.8 Å². The molecule has 0 spiro atoms. The fourth-order valence-corrected chi connectivity index (χ4v) is 5.02. The Labute approximate surface area is 173 Å². The number of hydrogen-bond donors (Lipinski definition) is 1. The van der Waals surface area contributed by atoms with Crippen LogP contribution in [0.15, 0.2) is 87.5 Å². The lowest BCUT2D eigenvalue weighted by Gasteiger charge is -2.13. The van der Waals surface area contributed by atoms with Gasteiger partial charge >= 0.3 is 0 Å². The Morgan fingerprint density at radius 1 is 0.926 bits per heavy atom. The molecule has 0 amide bonds. The minimum atomic E-state index is -3.64. The van der Waals surface area contributed by atoms with Crippen molar-refractivity contribution in [1.29, 1.82) is 0 Å². The molecule has 7 heteroatoms. The van der Waals surface area contributed by atoms with Crippen LogP contribution >= 0.6 is 35.1 Å². The number of sulfonamides is 1. The zero-order chi connectivity index (χ0) is 19.3. The first-order valence-corrected chi connectivity index (χ1v) is 12.2. The fraction of sp³-hybridized carbons (Fsp3) is 0.100. The minimum absolute atomic E-state index is 0.248. The summed E-state index contributed by atoms with van der Waals surface area (Å²) in [4.78, 5) is 2.14. The maximum atomic E-state index is 12.7. The molecule has 0 aliphatic heterocycles. The van der Waals surface area contributed by atoms with Crippen LogP contribution in [-0.4, -0.2) is 14.7 Å². The van der Waals surface area contributed by atoms with Gasteiger partial charge in [0.1, 0.15) is 0 Å². The van der Waals surface area contributed by atoms with E-state index < -0.39 is 10.0 Å². The van der Waals surface area contributed by atoms with Gasteiger partial charge in [0.15, 0.2) is 0 Å². The summed E-state index contributed by atoms with van der Waals surface area (Å²) in [6, 6.07) is 21.9. The fourth-order valence-electron chi connectivity index (χ4n) is 2.38. The van der Waals surface area contributed by atoms with E-state index in [1.165, 1.54) is 0 Å². The predicted octanol–water partition coefficient (Wildman–Crippen LogP) is 6.16. The van der Waals surface area contributed by atoms with E-state index in [0.29, 0.717) is 10.7 Å². The number of nitrogens with one attached hydrogen (secondary N) is 1. The van der Waals surface area contributed by atoms with Gasteiger partial charge in [-0.25, -0.2) is 8.42 Å². The van der Waals surface area contributed by atoms with Crippen LogP contribution in [0.25, 0.3) is 0 Å². The van der Waals surface area contributed by atoms with E-state index in [0.717, 1.165) is 21.1 Å². The monoisotopic (exact) mass is 435 g/mol. The van der Waals surface area contributed by atoms with Crippen molar-refractivity contribution < 1.29 is 8.42 Å². The Bertz CT molecular complexity index is 1000.